The molecule has 1 aliphatic rings. The molecule has 0 heterocycles. The summed E-state index contributed by atoms with van der Waals surface area (Å²) in [6, 6.07) is 0.257. The van der Waals surface area contributed by atoms with Crippen molar-refractivity contribution >= 4 is 5.91 Å². The summed E-state index contributed by atoms with van der Waals surface area (Å²) < 4.78 is 5.62. The number of carbonyl (C=O) groups is 1. The Kier molecular flexibility index (Phi) is 5.09. The maximum Gasteiger partial charge on any atom is 0.248 e. The molecule has 0 radical (unpaired) electrons. The number of rotatable bonds is 4. The second-order valence-corrected chi connectivity index (χ2v) is 4.67. The van der Waals surface area contributed by atoms with E-state index in [4.69, 9.17) is 4.74 Å². The Hall–Kier alpha value is -0.570. The van der Waals surface area contributed by atoms with Gasteiger partial charge in [0.25, 0.3) is 0 Å². The minimum Gasteiger partial charge on any atom is -0.368 e. The molecule has 3 heteroatoms. The first-order valence-electron chi connectivity index (χ1n) is 5.98. The minimum absolute atomic E-state index is 0.0931. The molecule has 0 saturated heterocycles. The number of carbonyl (C=O) groups excluding carboxylic acids is 1. The summed E-state index contributed by atoms with van der Waals surface area (Å²) in [5.41, 5.74) is 0. The van der Waals surface area contributed by atoms with E-state index in [-0.39, 0.29) is 18.6 Å². The van der Waals surface area contributed by atoms with Crippen LogP contribution in [0.1, 0.15) is 46.0 Å². The lowest BCUT2D eigenvalue weighted by Gasteiger charge is -2.25. The van der Waals surface area contributed by atoms with Gasteiger partial charge in [-0.15, -0.1) is 0 Å². The van der Waals surface area contributed by atoms with E-state index < -0.39 is 0 Å². The predicted octanol–water partition coefficient (Wildman–Crippen LogP) is 2.20. The summed E-state index contributed by atoms with van der Waals surface area (Å²) in [5.74, 6) is 0.0931. The van der Waals surface area contributed by atoms with Gasteiger partial charge in [0.2, 0.25) is 5.91 Å². The lowest BCUT2D eigenvalue weighted by atomic mass is 9.98. The van der Waals surface area contributed by atoms with Gasteiger partial charge in [0.1, 0.15) is 6.61 Å². The molecule has 0 aromatic heterocycles. The van der Waals surface area contributed by atoms with E-state index in [9.17, 15) is 4.79 Å². The van der Waals surface area contributed by atoms with Gasteiger partial charge in [-0.05, 0) is 26.7 Å². The first kappa shape index (κ1) is 12.5. The zero-order valence-electron chi connectivity index (χ0n) is 10.2. The number of nitrogens with zero attached hydrogens (tertiary/aromatic N) is 1. The fourth-order valence-electron chi connectivity index (χ4n) is 1.81. The third kappa shape index (κ3) is 4.20. The topological polar surface area (TPSA) is 29.5 Å². The van der Waals surface area contributed by atoms with Crippen LogP contribution in [-0.4, -0.2) is 36.6 Å². The third-order valence-corrected chi connectivity index (χ3v) is 3.16. The van der Waals surface area contributed by atoms with Gasteiger partial charge in [-0.2, -0.15) is 0 Å². The standard InChI is InChI=1S/C12H23NO2/c1-10(2)13(3)12(14)9-15-11-7-5-4-6-8-11/h10-11H,4-9H2,1-3H3. The highest BCUT2D eigenvalue weighted by molar-refractivity contribution is 5.77. The van der Waals surface area contributed by atoms with E-state index in [1.165, 1.54) is 19.3 Å². The van der Waals surface area contributed by atoms with Crippen LogP contribution in [0.3, 0.4) is 0 Å². The van der Waals surface area contributed by atoms with Crippen molar-refractivity contribution in [1.82, 2.24) is 4.90 Å². The molecule has 0 aromatic rings. The molecule has 1 rings (SSSR count). The maximum atomic E-state index is 11.6. The Morgan fingerprint density at radius 3 is 2.47 bits per heavy atom. The van der Waals surface area contributed by atoms with Gasteiger partial charge in [-0.3, -0.25) is 4.79 Å². The summed E-state index contributed by atoms with van der Waals surface area (Å²) >= 11 is 0. The van der Waals surface area contributed by atoms with Crippen LogP contribution in [-0.2, 0) is 9.53 Å². The second kappa shape index (κ2) is 6.11. The molecule has 0 N–H and O–H groups in total. The van der Waals surface area contributed by atoms with Crippen molar-refractivity contribution < 1.29 is 9.53 Å². The van der Waals surface area contributed by atoms with Crippen molar-refractivity contribution in [1.29, 1.82) is 0 Å². The van der Waals surface area contributed by atoms with Crippen LogP contribution in [0, 0.1) is 0 Å². The van der Waals surface area contributed by atoms with Crippen molar-refractivity contribution in [2.45, 2.75) is 58.1 Å². The van der Waals surface area contributed by atoms with Crippen LogP contribution >= 0.6 is 0 Å². The Balaban J connectivity index is 2.20. The molecule has 0 bridgehead atoms. The molecule has 0 atom stereocenters. The van der Waals surface area contributed by atoms with Gasteiger partial charge in [0.15, 0.2) is 0 Å². The molecule has 1 aliphatic carbocycles. The van der Waals surface area contributed by atoms with Crippen LogP contribution in [0.25, 0.3) is 0 Å². The van der Waals surface area contributed by atoms with Crippen LogP contribution in [0.2, 0.25) is 0 Å². The molecule has 0 spiro atoms. The molecule has 3 nitrogen and oxygen atoms in total. The molecule has 88 valence electrons. The highest BCUT2D eigenvalue weighted by Crippen LogP contribution is 2.20. The number of hydrogen-bond acceptors (Lipinski definition) is 2. The quantitative estimate of drug-likeness (QED) is 0.716. The van der Waals surface area contributed by atoms with E-state index >= 15 is 0 Å². The zero-order chi connectivity index (χ0) is 11.3. The van der Waals surface area contributed by atoms with Crippen molar-refractivity contribution in [2.75, 3.05) is 13.7 Å². The minimum atomic E-state index is 0.0931. The average Bonchev–Trinajstić information content (AvgIpc) is 2.26. The van der Waals surface area contributed by atoms with E-state index in [0.717, 1.165) is 12.8 Å². The predicted molar refractivity (Wildman–Crippen MR) is 60.7 cm³/mol. The van der Waals surface area contributed by atoms with Gasteiger partial charge < -0.3 is 9.64 Å². The van der Waals surface area contributed by atoms with Crippen LogP contribution in [0.5, 0.6) is 0 Å². The molecule has 1 amide bonds. The van der Waals surface area contributed by atoms with Crippen LogP contribution < -0.4 is 0 Å². The van der Waals surface area contributed by atoms with Gasteiger partial charge in [0, 0.05) is 13.1 Å². The lowest BCUT2D eigenvalue weighted by molar-refractivity contribution is -0.139. The number of ether oxygens (including phenoxy) is 1. The normalized spacial score (nSPS) is 18.1. The van der Waals surface area contributed by atoms with Gasteiger partial charge in [-0.25, -0.2) is 0 Å². The molecule has 15 heavy (non-hydrogen) atoms. The Morgan fingerprint density at radius 1 is 1.33 bits per heavy atom. The van der Waals surface area contributed by atoms with Crippen molar-refractivity contribution in [3.8, 4) is 0 Å². The fourth-order valence-corrected chi connectivity index (χ4v) is 1.81. The average molecular weight is 213 g/mol. The van der Waals surface area contributed by atoms with Crippen LogP contribution in [0.15, 0.2) is 0 Å². The molecule has 1 saturated carbocycles. The molecular weight excluding hydrogens is 190 g/mol. The Labute approximate surface area is 92.8 Å². The summed E-state index contributed by atoms with van der Waals surface area (Å²) in [6.07, 6.45) is 6.39. The maximum absolute atomic E-state index is 11.6. The summed E-state index contributed by atoms with van der Waals surface area (Å²) in [7, 11) is 1.83. The molecular formula is C12H23NO2. The number of hydrogen-bond donors (Lipinski definition) is 0. The van der Waals surface area contributed by atoms with E-state index in [1.807, 2.05) is 20.9 Å². The molecule has 0 aliphatic heterocycles. The van der Waals surface area contributed by atoms with E-state index in [0.29, 0.717) is 6.10 Å². The van der Waals surface area contributed by atoms with E-state index in [2.05, 4.69) is 0 Å². The van der Waals surface area contributed by atoms with Gasteiger partial charge >= 0.3 is 0 Å². The zero-order valence-corrected chi connectivity index (χ0v) is 10.2. The van der Waals surface area contributed by atoms with Gasteiger partial charge in [0.05, 0.1) is 6.10 Å². The van der Waals surface area contributed by atoms with Crippen LogP contribution in [0.4, 0.5) is 0 Å². The van der Waals surface area contributed by atoms with Crippen molar-refractivity contribution in [3.05, 3.63) is 0 Å². The second-order valence-electron chi connectivity index (χ2n) is 4.67. The molecule has 0 unspecified atom stereocenters. The number of amides is 1. The number of likely N-dealkylation sites (N-methyl/N-ethyl adjacent to an activating group) is 1. The highest BCUT2D eigenvalue weighted by Gasteiger charge is 2.17. The first-order valence-corrected chi connectivity index (χ1v) is 5.98. The summed E-state index contributed by atoms with van der Waals surface area (Å²) in [5, 5.41) is 0. The Morgan fingerprint density at radius 2 is 1.93 bits per heavy atom. The van der Waals surface area contributed by atoms with Gasteiger partial charge in [-0.1, -0.05) is 19.3 Å². The SMILES string of the molecule is CC(C)N(C)C(=O)COC1CCCCC1. The third-order valence-electron chi connectivity index (χ3n) is 3.16. The van der Waals surface area contributed by atoms with E-state index in [1.54, 1.807) is 4.90 Å². The summed E-state index contributed by atoms with van der Waals surface area (Å²) in [6.45, 7) is 4.27. The molecule has 1 fully saturated rings. The first-order chi connectivity index (χ1) is 7.11. The fraction of sp³-hybridized carbons (Fsp3) is 0.917. The highest BCUT2D eigenvalue weighted by atomic mass is 16.5. The monoisotopic (exact) mass is 213 g/mol. The largest absolute Gasteiger partial charge is 0.368 e. The lowest BCUT2D eigenvalue weighted by Crippen LogP contribution is -2.37. The Bertz CT molecular complexity index is 198. The summed E-state index contributed by atoms with van der Waals surface area (Å²) in [4.78, 5) is 13.4. The molecule has 0 aromatic carbocycles. The van der Waals surface area contributed by atoms with Crippen molar-refractivity contribution in [2.24, 2.45) is 0 Å². The smallest absolute Gasteiger partial charge is 0.248 e. The van der Waals surface area contributed by atoms with Crippen molar-refractivity contribution in [3.63, 3.8) is 0 Å².